The van der Waals surface area contributed by atoms with E-state index < -0.39 is 5.54 Å². The Morgan fingerprint density at radius 3 is 2.63 bits per heavy atom. The van der Waals surface area contributed by atoms with Gasteiger partial charge in [0.05, 0.1) is 6.61 Å². The van der Waals surface area contributed by atoms with Crippen LogP contribution in [0.3, 0.4) is 0 Å². The molecule has 2 atom stereocenters. The topological polar surface area (TPSA) is 55.6 Å². The van der Waals surface area contributed by atoms with Gasteiger partial charge < -0.3 is 10.5 Å². The zero-order valence-electron chi connectivity index (χ0n) is 12.4. The summed E-state index contributed by atoms with van der Waals surface area (Å²) in [4.78, 5) is 14.7. The van der Waals surface area contributed by atoms with Gasteiger partial charge in [-0.25, -0.2) is 4.79 Å². The highest BCUT2D eigenvalue weighted by molar-refractivity contribution is 5.82. The van der Waals surface area contributed by atoms with Gasteiger partial charge in [0.15, 0.2) is 0 Å². The first kappa shape index (κ1) is 14.8. The molecule has 0 radical (unpaired) electrons. The fourth-order valence-electron chi connectivity index (χ4n) is 3.29. The quantitative estimate of drug-likeness (QED) is 0.748. The minimum Gasteiger partial charge on any atom is -0.465 e. The number of ether oxygens (including phenoxy) is 1. The molecule has 0 aromatic carbocycles. The Kier molecular flexibility index (Phi) is 4.85. The van der Waals surface area contributed by atoms with Gasteiger partial charge in [0.2, 0.25) is 0 Å². The van der Waals surface area contributed by atoms with Crippen molar-refractivity contribution >= 4 is 5.97 Å². The van der Waals surface area contributed by atoms with Crippen LogP contribution in [0.4, 0.5) is 0 Å². The number of carbonyl (C=O) groups excluding carboxylic acids is 1. The summed E-state index contributed by atoms with van der Waals surface area (Å²) in [5, 5.41) is 0. The molecule has 2 unspecified atom stereocenters. The smallest absolute Gasteiger partial charge is 0.327 e. The van der Waals surface area contributed by atoms with Crippen LogP contribution in [0.2, 0.25) is 0 Å². The lowest BCUT2D eigenvalue weighted by molar-refractivity contribution is -0.152. The molecular weight excluding hydrogens is 240 g/mol. The molecule has 0 amide bonds. The van der Waals surface area contributed by atoms with Crippen molar-refractivity contribution in [3.8, 4) is 0 Å². The van der Waals surface area contributed by atoms with Gasteiger partial charge in [0.25, 0.3) is 0 Å². The first-order valence-corrected chi connectivity index (χ1v) is 7.82. The Bertz CT molecular complexity index is 317. The van der Waals surface area contributed by atoms with Crippen molar-refractivity contribution in [1.29, 1.82) is 0 Å². The molecule has 1 aliphatic heterocycles. The number of carbonyl (C=O) groups is 1. The van der Waals surface area contributed by atoms with Gasteiger partial charge in [-0.15, -0.1) is 0 Å². The molecule has 110 valence electrons. The summed E-state index contributed by atoms with van der Waals surface area (Å²) < 4.78 is 5.23. The van der Waals surface area contributed by atoms with E-state index in [1.165, 1.54) is 19.3 Å². The molecule has 1 aliphatic carbocycles. The Morgan fingerprint density at radius 2 is 2.05 bits per heavy atom. The van der Waals surface area contributed by atoms with Gasteiger partial charge in [-0.1, -0.05) is 13.3 Å². The Hall–Kier alpha value is -0.610. The molecule has 1 saturated carbocycles. The average Bonchev–Trinajstić information content (AvgIpc) is 3.24. The first-order valence-electron chi connectivity index (χ1n) is 7.82. The number of likely N-dealkylation sites (tertiary alicyclic amines) is 1. The molecule has 2 rings (SSSR count). The van der Waals surface area contributed by atoms with Crippen LogP contribution in [0.5, 0.6) is 0 Å². The van der Waals surface area contributed by atoms with Crippen LogP contribution >= 0.6 is 0 Å². The van der Waals surface area contributed by atoms with E-state index in [1.807, 2.05) is 6.92 Å². The normalized spacial score (nSPS) is 27.8. The number of hydrogen-bond donors (Lipinski definition) is 1. The van der Waals surface area contributed by atoms with Gasteiger partial charge in [0.1, 0.15) is 5.54 Å². The fraction of sp³-hybridized carbons (Fsp3) is 0.933. The molecular formula is C15H28N2O2. The first-order chi connectivity index (χ1) is 9.11. The zero-order chi connectivity index (χ0) is 13.9. The van der Waals surface area contributed by atoms with E-state index in [1.54, 1.807) is 0 Å². The second-order valence-corrected chi connectivity index (χ2v) is 6.06. The van der Waals surface area contributed by atoms with Crippen LogP contribution in [0, 0.1) is 5.92 Å². The Morgan fingerprint density at radius 1 is 1.32 bits per heavy atom. The van der Waals surface area contributed by atoms with E-state index in [-0.39, 0.29) is 5.97 Å². The number of hydrogen-bond acceptors (Lipinski definition) is 4. The number of nitrogens with zero attached hydrogens (tertiary/aromatic N) is 1. The molecule has 4 heteroatoms. The van der Waals surface area contributed by atoms with Gasteiger partial charge in [-0.05, 0) is 51.5 Å². The highest BCUT2D eigenvalue weighted by Gasteiger charge is 2.50. The summed E-state index contributed by atoms with van der Waals surface area (Å²) in [7, 11) is 0. The molecule has 1 saturated heterocycles. The Balaban J connectivity index is 2.04. The summed E-state index contributed by atoms with van der Waals surface area (Å²) in [5.74, 6) is 0.129. The van der Waals surface area contributed by atoms with Crippen molar-refractivity contribution in [2.45, 2.75) is 64.0 Å². The Labute approximate surface area is 116 Å². The lowest BCUT2D eigenvalue weighted by Gasteiger charge is -2.40. The monoisotopic (exact) mass is 268 g/mol. The predicted octanol–water partition coefficient (Wildman–Crippen LogP) is 1.92. The summed E-state index contributed by atoms with van der Waals surface area (Å²) in [6, 6.07) is 0.588. The van der Waals surface area contributed by atoms with Crippen molar-refractivity contribution in [2.75, 3.05) is 19.7 Å². The second-order valence-electron chi connectivity index (χ2n) is 6.06. The second kappa shape index (κ2) is 6.23. The maximum atomic E-state index is 12.2. The number of rotatable bonds is 6. The highest BCUT2D eigenvalue weighted by atomic mass is 16.5. The molecule has 4 nitrogen and oxygen atoms in total. The van der Waals surface area contributed by atoms with Crippen molar-refractivity contribution < 1.29 is 9.53 Å². The molecule has 0 spiro atoms. The van der Waals surface area contributed by atoms with E-state index >= 15 is 0 Å². The van der Waals surface area contributed by atoms with Gasteiger partial charge in [-0.3, -0.25) is 4.90 Å². The van der Waals surface area contributed by atoms with Crippen molar-refractivity contribution in [1.82, 2.24) is 4.90 Å². The third-order valence-electron chi connectivity index (χ3n) is 4.65. The average molecular weight is 268 g/mol. The molecule has 2 aliphatic rings. The van der Waals surface area contributed by atoms with Gasteiger partial charge in [-0.2, -0.15) is 0 Å². The largest absolute Gasteiger partial charge is 0.465 e. The van der Waals surface area contributed by atoms with E-state index in [0.29, 0.717) is 25.1 Å². The van der Waals surface area contributed by atoms with Crippen LogP contribution < -0.4 is 5.73 Å². The van der Waals surface area contributed by atoms with Crippen molar-refractivity contribution in [2.24, 2.45) is 11.7 Å². The highest BCUT2D eigenvalue weighted by Crippen LogP contribution is 2.40. The molecule has 1 heterocycles. The van der Waals surface area contributed by atoms with E-state index in [4.69, 9.17) is 10.5 Å². The predicted molar refractivity (Wildman–Crippen MR) is 75.8 cm³/mol. The summed E-state index contributed by atoms with van der Waals surface area (Å²) in [6.07, 6.45) is 7.04. The third kappa shape index (κ3) is 3.29. The third-order valence-corrected chi connectivity index (χ3v) is 4.65. The maximum absolute atomic E-state index is 12.2. The molecule has 0 aromatic heterocycles. The van der Waals surface area contributed by atoms with E-state index in [0.717, 1.165) is 25.8 Å². The van der Waals surface area contributed by atoms with Crippen LogP contribution in [0.25, 0.3) is 0 Å². The number of esters is 1. The maximum Gasteiger partial charge on any atom is 0.327 e. The number of nitrogens with two attached hydrogens (primary N) is 1. The standard InChI is InChI=1S/C15H28N2O2/c1-3-13-7-5-6-10-17(13)11-15(16,12-8-9-12)14(18)19-4-2/h12-13H,3-11,16H2,1-2H3. The minimum absolute atomic E-state index is 0.196. The van der Waals surface area contributed by atoms with E-state index in [9.17, 15) is 4.79 Å². The molecule has 19 heavy (non-hydrogen) atoms. The number of piperidine rings is 1. The summed E-state index contributed by atoms with van der Waals surface area (Å²) in [6.45, 7) is 6.24. The van der Waals surface area contributed by atoms with Crippen molar-refractivity contribution in [3.63, 3.8) is 0 Å². The fourth-order valence-corrected chi connectivity index (χ4v) is 3.29. The lowest BCUT2D eigenvalue weighted by atomic mass is 9.90. The van der Waals surface area contributed by atoms with Gasteiger partial charge in [0, 0.05) is 12.6 Å². The lowest BCUT2D eigenvalue weighted by Crippen LogP contribution is -2.60. The van der Waals surface area contributed by atoms with Crippen LogP contribution in [0.1, 0.15) is 52.4 Å². The van der Waals surface area contributed by atoms with Crippen LogP contribution in [0.15, 0.2) is 0 Å². The zero-order valence-corrected chi connectivity index (χ0v) is 12.4. The summed E-state index contributed by atoms with van der Waals surface area (Å²) >= 11 is 0. The van der Waals surface area contributed by atoms with Gasteiger partial charge >= 0.3 is 5.97 Å². The van der Waals surface area contributed by atoms with Crippen molar-refractivity contribution in [3.05, 3.63) is 0 Å². The van der Waals surface area contributed by atoms with Crippen LogP contribution in [-0.4, -0.2) is 42.1 Å². The SMILES string of the molecule is CCOC(=O)C(N)(CN1CCCCC1CC)C1CC1. The minimum atomic E-state index is -0.777. The molecule has 0 aromatic rings. The molecule has 2 fully saturated rings. The molecule has 2 N–H and O–H groups in total. The summed E-state index contributed by atoms with van der Waals surface area (Å²) in [5.41, 5.74) is 5.69. The van der Waals surface area contributed by atoms with Crippen LogP contribution in [-0.2, 0) is 9.53 Å². The van der Waals surface area contributed by atoms with E-state index in [2.05, 4.69) is 11.8 Å². The molecule has 0 bridgehead atoms.